The summed E-state index contributed by atoms with van der Waals surface area (Å²) in [4.78, 5) is 10.8. The van der Waals surface area contributed by atoms with E-state index in [9.17, 15) is 4.79 Å². The van der Waals surface area contributed by atoms with E-state index >= 15 is 0 Å². The van der Waals surface area contributed by atoms with Crippen LogP contribution < -0.4 is 0 Å². The van der Waals surface area contributed by atoms with Gasteiger partial charge in [0.05, 0.1) is 7.11 Å². The number of ether oxygens (including phenoxy) is 2. The predicted octanol–water partition coefficient (Wildman–Crippen LogP) is 1.70. The van der Waals surface area contributed by atoms with E-state index in [0.717, 1.165) is 12.2 Å². The lowest BCUT2D eigenvalue weighted by molar-refractivity contribution is 0.0771. The first kappa shape index (κ1) is 11.2. The van der Waals surface area contributed by atoms with Crippen LogP contribution in [0, 0.1) is 5.92 Å². The Labute approximate surface area is 86.4 Å². The zero-order chi connectivity index (χ0) is 10.6. The van der Waals surface area contributed by atoms with Crippen molar-refractivity contribution >= 4 is 23.6 Å². The van der Waals surface area contributed by atoms with Gasteiger partial charge < -0.3 is 14.7 Å². The van der Waals surface area contributed by atoms with Crippen LogP contribution >= 0.6 is 11.8 Å². The fraction of sp³-hybridized carbons (Fsp3) is 0.750. The van der Waals surface area contributed by atoms with E-state index in [1.807, 2.05) is 6.92 Å². The van der Waals surface area contributed by atoms with Crippen LogP contribution in [-0.4, -0.2) is 35.4 Å². The second kappa shape index (κ2) is 5.09. The molecule has 0 spiro atoms. The number of nitrogens with zero attached hydrogens (tertiary/aromatic N) is 1. The lowest BCUT2D eigenvalue weighted by Crippen LogP contribution is -2.24. The van der Waals surface area contributed by atoms with Gasteiger partial charge in [0.25, 0.3) is 0 Å². The Kier molecular flexibility index (Phi) is 4.06. The Morgan fingerprint density at radius 3 is 3.00 bits per heavy atom. The van der Waals surface area contributed by atoms with Crippen molar-refractivity contribution in [1.82, 2.24) is 0 Å². The molecule has 1 saturated heterocycles. The van der Waals surface area contributed by atoms with Gasteiger partial charge in [-0.25, -0.2) is 4.79 Å². The summed E-state index contributed by atoms with van der Waals surface area (Å²) in [5.74, 6) is 0.983. The summed E-state index contributed by atoms with van der Waals surface area (Å²) in [6.07, 6.45) is 0.119. The van der Waals surface area contributed by atoms with E-state index in [2.05, 4.69) is 9.89 Å². The minimum Gasteiger partial charge on any atom is -0.438 e. The van der Waals surface area contributed by atoms with Gasteiger partial charge in [0.2, 0.25) is 0 Å². The zero-order valence-corrected chi connectivity index (χ0v) is 8.91. The summed E-state index contributed by atoms with van der Waals surface area (Å²) in [6, 6.07) is 0. The van der Waals surface area contributed by atoms with Crippen molar-refractivity contribution in [3.8, 4) is 0 Å². The van der Waals surface area contributed by atoms with Gasteiger partial charge in [0, 0.05) is 11.7 Å². The minimum absolute atomic E-state index is 0.180. The molecule has 5 nitrogen and oxygen atoms in total. The highest BCUT2D eigenvalue weighted by atomic mass is 32.2. The topological polar surface area (TPSA) is 68.1 Å². The Morgan fingerprint density at radius 1 is 1.79 bits per heavy atom. The molecule has 6 heteroatoms. The summed E-state index contributed by atoms with van der Waals surface area (Å²) >= 11 is 1.44. The average molecular weight is 219 g/mol. The maximum absolute atomic E-state index is 10.8. The van der Waals surface area contributed by atoms with Crippen LogP contribution in [-0.2, 0) is 9.47 Å². The summed E-state index contributed by atoms with van der Waals surface area (Å²) in [7, 11) is 1.25. The molecule has 1 aliphatic rings. The fourth-order valence-electron chi connectivity index (χ4n) is 1.25. The molecular weight excluding hydrogens is 206 g/mol. The van der Waals surface area contributed by atoms with Gasteiger partial charge >= 0.3 is 6.16 Å². The molecule has 0 saturated carbocycles. The molecule has 0 bridgehead atoms. The van der Waals surface area contributed by atoms with Gasteiger partial charge in [-0.1, -0.05) is 12.1 Å². The summed E-state index contributed by atoms with van der Waals surface area (Å²) in [5.41, 5.74) is 0.0142. The number of carbonyl (C=O) groups excluding carboxylic acids is 1. The summed E-state index contributed by atoms with van der Waals surface area (Å²) in [5, 5.41) is 11.9. The molecule has 0 amide bonds. The van der Waals surface area contributed by atoms with E-state index < -0.39 is 11.6 Å². The molecule has 0 aromatic heterocycles. The molecule has 1 aliphatic heterocycles. The summed E-state index contributed by atoms with van der Waals surface area (Å²) < 4.78 is 9.27. The van der Waals surface area contributed by atoms with Crippen molar-refractivity contribution in [3.63, 3.8) is 0 Å². The zero-order valence-electron chi connectivity index (χ0n) is 8.10. The number of hydrogen-bond acceptors (Lipinski definition) is 6. The van der Waals surface area contributed by atoms with Crippen LogP contribution in [0.1, 0.15) is 13.3 Å². The SMILES string of the molecule is CCC1CSC(OC(=O)OC)C1=NO. The fourth-order valence-corrected chi connectivity index (χ4v) is 2.62. The van der Waals surface area contributed by atoms with Crippen molar-refractivity contribution in [2.75, 3.05) is 12.9 Å². The van der Waals surface area contributed by atoms with Crippen LogP contribution in [0.4, 0.5) is 4.79 Å². The van der Waals surface area contributed by atoms with Gasteiger partial charge in [-0.3, -0.25) is 0 Å². The average Bonchev–Trinajstić information content (AvgIpc) is 2.59. The van der Waals surface area contributed by atoms with E-state index in [-0.39, 0.29) is 5.92 Å². The Balaban J connectivity index is 2.59. The Morgan fingerprint density at radius 2 is 2.50 bits per heavy atom. The highest BCUT2D eigenvalue weighted by Gasteiger charge is 2.35. The monoisotopic (exact) mass is 219 g/mol. The number of methoxy groups -OCH3 is 1. The molecular formula is C8H13NO4S. The van der Waals surface area contributed by atoms with E-state index in [1.54, 1.807) is 0 Å². The van der Waals surface area contributed by atoms with Crippen molar-refractivity contribution < 1.29 is 19.5 Å². The highest BCUT2D eigenvalue weighted by molar-refractivity contribution is 8.01. The normalized spacial score (nSPS) is 29.1. The van der Waals surface area contributed by atoms with Gasteiger partial charge in [0.15, 0.2) is 5.44 Å². The molecule has 1 fully saturated rings. The van der Waals surface area contributed by atoms with Crippen molar-refractivity contribution in [1.29, 1.82) is 0 Å². The molecule has 1 N–H and O–H groups in total. The van der Waals surface area contributed by atoms with Crippen LogP contribution in [0.3, 0.4) is 0 Å². The third-order valence-electron chi connectivity index (χ3n) is 2.09. The lowest BCUT2D eigenvalue weighted by atomic mass is 10.0. The maximum atomic E-state index is 10.8. The van der Waals surface area contributed by atoms with Gasteiger partial charge in [-0.15, -0.1) is 11.8 Å². The van der Waals surface area contributed by atoms with Crippen LogP contribution in [0.25, 0.3) is 0 Å². The van der Waals surface area contributed by atoms with E-state index in [1.165, 1.54) is 18.9 Å². The van der Waals surface area contributed by atoms with Crippen LogP contribution in [0.2, 0.25) is 0 Å². The number of thioether (sulfide) groups is 1. The quantitative estimate of drug-likeness (QED) is 0.435. The molecule has 1 rings (SSSR count). The van der Waals surface area contributed by atoms with Crippen molar-refractivity contribution in [3.05, 3.63) is 0 Å². The summed E-state index contributed by atoms with van der Waals surface area (Å²) in [6.45, 7) is 2.00. The first-order valence-corrected chi connectivity index (χ1v) is 5.35. The van der Waals surface area contributed by atoms with Crippen molar-refractivity contribution in [2.45, 2.75) is 18.8 Å². The third kappa shape index (κ3) is 2.31. The first-order valence-electron chi connectivity index (χ1n) is 4.31. The lowest BCUT2D eigenvalue weighted by Gasteiger charge is -2.11. The molecule has 0 aromatic rings. The minimum atomic E-state index is -0.750. The molecule has 14 heavy (non-hydrogen) atoms. The van der Waals surface area contributed by atoms with E-state index in [0.29, 0.717) is 5.71 Å². The van der Waals surface area contributed by atoms with Gasteiger partial charge in [-0.05, 0) is 6.42 Å². The third-order valence-corrected chi connectivity index (χ3v) is 3.32. The second-order valence-corrected chi connectivity index (χ2v) is 3.96. The molecule has 2 atom stereocenters. The molecule has 2 unspecified atom stereocenters. The smallest absolute Gasteiger partial charge is 0.438 e. The largest absolute Gasteiger partial charge is 0.509 e. The Hall–Kier alpha value is -0.910. The number of rotatable bonds is 2. The molecule has 1 heterocycles. The predicted molar refractivity (Wildman–Crippen MR) is 52.7 cm³/mol. The van der Waals surface area contributed by atoms with Crippen LogP contribution in [0.5, 0.6) is 0 Å². The number of hydrogen-bond donors (Lipinski definition) is 1. The molecule has 0 radical (unpaired) electrons. The van der Waals surface area contributed by atoms with E-state index in [4.69, 9.17) is 9.94 Å². The molecule has 0 aliphatic carbocycles. The second-order valence-electron chi connectivity index (χ2n) is 2.87. The molecule has 0 aromatic carbocycles. The van der Waals surface area contributed by atoms with Crippen molar-refractivity contribution in [2.24, 2.45) is 11.1 Å². The highest BCUT2D eigenvalue weighted by Crippen LogP contribution is 2.31. The maximum Gasteiger partial charge on any atom is 0.509 e. The standard InChI is InChI=1S/C8H13NO4S/c1-3-5-4-14-7(6(5)9-11)13-8(10)12-2/h5,7,11H,3-4H2,1-2H3. The van der Waals surface area contributed by atoms with Gasteiger partial charge in [0.1, 0.15) is 5.71 Å². The number of oxime groups is 1. The first-order chi connectivity index (χ1) is 6.72. The van der Waals surface area contributed by atoms with Gasteiger partial charge in [-0.2, -0.15) is 0 Å². The Bertz CT molecular complexity index is 243. The number of carbonyl (C=O) groups is 1. The molecule has 80 valence electrons. The van der Waals surface area contributed by atoms with Crippen LogP contribution in [0.15, 0.2) is 5.16 Å².